The summed E-state index contributed by atoms with van der Waals surface area (Å²) in [5, 5.41) is 5.94. The van der Waals surface area contributed by atoms with Gasteiger partial charge in [-0.05, 0) is 30.0 Å². The van der Waals surface area contributed by atoms with Crippen LogP contribution in [0.25, 0.3) is 21.8 Å². The molecule has 0 aliphatic heterocycles. The highest BCUT2D eigenvalue weighted by molar-refractivity contribution is 7.13. The van der Waals surface area contributed by atoms with Gasteiger partial charge in [0.2, 0.25) is 0 Å². The number of aromatic nitrogens is 1. The van der Waals surface area contributed by atoms with Crippen molar-refractivity contribution in [2.75, 3.05) is 12.8 Å². The highest BCUT2D eigenvalue weighted by Crippen LogP contribution is 2.43. The fourth-order valence-electron chi connectivity index (χ4n) is 2.17. The second-order valence-electron chi connectivity index (χ2n) is 4.40. The lowest BCUT2D eigenvalue weighted by Crippen LogP contribution is -1.92. The molecule has 5 heteroatoms. The summed E-state index contributed by atoms with van der Waals surface area (Å²) in [5.41, 5.74) is 8.81. The maximum Gasteiger partial charge on any atom is 0.187 e. The summed E-state index contributed by atoms with van der Waals surface area (Å²) in [6.07, 6.45) is 0. The van der Waals surface area contributed by atoms with Crippen LogP contribution < -0.4 is 10.5 Å². The van der Waals surface area contributed by atoms with Crippen molar-refractivity contribution in [2.45, 2.75) is 6.92 Å². The number of thiophene rings is 1. The lowest BCUT2D eigenvalue weighted by atomic mass is 10.0. The average Bonchev–Trinajstić information content (AvgIpc) is 3.04. The molecular weight excluding hydrogens is 272 g/mol. The summed E-state index contributed by atoms with van der Waals surface area (Å²) < 4.78 is 10.9. The van der Waals surface area contributed by atoms with Gasteiger partial charge in [0.05, 0.1) is 17.6 Å². The van der Waals surface area contributed by atoms with Crippen molar-refractivity contribution in [3.8, 4) is 27.5 Å². The number of nitrogens with zero attached hydrogens (tertiary/aromatic N) is 1. The Morgan fingerprint density at radius 2 is 2.05 bits per heavy atom. The quantitative estimate of drug-likeness (QED) is 0.791. The second kappa shape index (κ2) is 5.02. The van der Waals surface area contributed by atoms with Gasteiger partial charge in [0.25, 0.3) is 0 Å². The molecule has 20 heavy (non-hydrogen) atoms. The van der Waals surface area contributed by atoms with Gasteiger partial charge in [-0.1, -0.05) is 23.4 Å². The Labute approximate surface area is 120 Å². The molecule has 2 aromatic heterocycles. The topological polar surface area (TPSA) is 61.3 Å². The summed E-state index contributed by atoms with van der Waals surface area (Å²) in [7, 11) is 1.64. The standard InChI is InChI=1S/C15H14N2O2S/c1-9-7-8-20-14(9)13-12(15(16)17-19-13)10-5-3-4-6-11(10)18-2/h3-8H,1-2H3,(H2,16,17). The van der Waals surface area contributed by atoms with Crippen LogP contribution in [-0.2, 0) is 0 Å². The van der Waals surface area contributed by atoms with E-state index >= 15 is 0 Å². The van der Waals surface area contributed by atoms with Crippen molar-refractivity contribution in [1.82, 2.24) is 5.16 Å². The molecule has 2 heterocycles. The lowest BCUT2D eigenvalue weighted by molar-refractivity contribution is 0.416. The molecule has 0 fully saturated rings. The lowest BCUT2D eigenvalue weighted by Gasteiger charge is -2.08. The minimum atomic E-state index is 0.373. The van der Waals surface area contributed by atoms with Gasteiger partial charge in [-0.2, -0.15) is 0 Å². The zero-order chi connectivity index (χ0) is 14.1. The molecule has 0 unspecified atom stereocenters. The van der Waals surface area contributed by atoms with Crippen LogP contribution in [0.15, 0.2) is 40.2 Å². The van der Waals surface area contributed by atoms with E-state index in [2.05, 4.69) is 5.16 Å². The number of methoxy groups -OCH3 is 1. The van der Waals surface area contributed by atoms with E-state index in [9.17, 15) is 0 Å². The summed E-state index contributed by atoms with van der Waals surface area (Å²) in [4.78, 5) is 1.04. The van der Waals surface area contributed by atoms with Crippen LogP contribution in [0.5, 0.6) is 5.75 Å². The number of hydrogen-bond donors (Lipinski definition) is 1. The van der Waals surface area contributed by atoms with Gasteiger partial charge in [-0.25, -0.2) is 0 Å². The first kappa shape index (κ1) is 12.7. The van der Waals surface area contributed by atoms with Gasteiger partial charge in [0.15, 0.2) is 11.6 Å². The van der Waals surface area contributed by atoms with E-state index in [-0.39, 0.29) is 0 Å². The highest BCUT2D eigenvalue weighted by atomic mass is 32.1. The molecule has 0 aliphatic carbocycles. The number of benzene rings is 1. The highest BCUT2D eigenvalue weighted by Gasteiger charge is 2.22. The van der Waals surface area contributed by atoms with Gasteiger partial charge in [-0.15, -0.1) is 11.3 Å². The molecule has 0 amide bonds. The largest absolute Gasteiger partial charge is 0.496 e. The Balaban J connectivity index is 2.25. The second-order valence-corrected chi connectivity index (χ2v) is 5.32. The number of hydrogen-bond acceptors (Lipinski definition) is 5. The molecule has 2 N–H and O–H groups in total. The van der Waals surface area contributed by atoms with Crippen LogP contribution >= 0.6 is 11.3 Å². The molecule has 0 bridgehead atoms. The number of nitrogens with two attached hydrogens (primary N) is 1. The molecule has 0 atom stereocenters. The minimum absolute atomic E-state index is 0.373. The summed E-state index contributed by atoms with van der Waals surface area (Å²) in [5.74, 6) is 1.81. The smallest absolute Gasteiger partial charge is 0.187 e. The first-order chi connectivity index (χ1) is 9.72. The Kier molecular flexibility index (Phi) is 3.20. The monoisotopic (exact) mass is 286 g/mol. The van der Waals surface area contributed by atoms with E-state index in [1.165, 1.54) is 0 Å². The van der Waals surface area contributed by atoms with Crippen LogP contribution in [0.1, 0.15) is 5.56 Å². The maximum absolute atomic E-state index is 6.00. The van der Waals surface area contributed by atoms with Crippen LogP contribution in [-0.4, -0.2) is 12.3 Å². The molecule has 0 spiro atoms. The number of nitrogen functional groups attached to an aromatic ring is 1. The van der Waals surface area contributed by atoms with Gasteiger partial charge in [0, 0.05) is 5.56 Å². The summed E-state index contributed by atoms with van der Waals surface area (Å²) in [6.45, 7) is 2.04. The van der Waals surface area contributed by atoms with Crippen LogP contribution in [0.4, 0.5) is 5.82 Å². The Bertz CT molecular complexity index is 746. The predicted octanol–water partition coefficient (Wildman–Crippen LogP) is 3.97. The van der Waals surface area contributed by atoms with E-state index in [4.69, 9.17) is 15.0 Å². The van der Waals surface area contributed by atoms with Crippen molar-refractivity contribution in [1.29, 1.82) is 0 Å². The third-order valence-electron chi connectivity index (χ3n) is 3.16. The van der Waals surface area contributed by atoms with Crippen LogP contribution in [0, 0.1) is 6.92 Å². The number of para-hydroxylation sites is 1. The molecule has 3 aromatic rings. The molecule has 0 aliphatic rings. The van der Waals surface area contributed by atoms with Gasteiger partial charge >= 0.3 is 0 Å². The summed E-state index contributed by atoms with van der Waals surface area (Å²) in [6, 6.07) is 9.75. The summed E-state index contributed by atoms with van der Waals surface area (Å²) >= 11 is 1.61. The van der Waals surface area contributed by atoms with Gasteiger partial charge in [-0.3, -0.25) is 0 Å². The predicted molar refractivity (Wildman–Crippen MR) is 81.0 cm³/mol. The molecule has 0 radical (unpaired) electrons. The number of rotatable bonds is 3. The Hall–Kier alpha value is -2.27. The molecule has 102 valence electrons. The number of anilines is 1. The van der Waals surface area contributed by atoms with E-state index in [0.717, 1.165) is 27.3 Å². The SMILES string of the molecule is COc1ccccc1-c1c(N)noc1-c1sccc1C. The molecule has 4 nitrogen and oxygen atoms in total. The van der Waals surface area contributed by atoms with Crippen LogP contribution in [0.2, 0.25) is 0 Å². The molecule has 0 saturated carbocycles. The van der Waals surface area contributed by atoms with Crippen LogP contribution in [0.3, 0.4) is 0 Å². The van der Waals surface area contributed by atoms with E-state index in [0.29, 0.717) is 11.6 Å². The van der Waals surface area contributed by atoms with Crippen molar-refractivity contribution in [2.24, 2.45) is 0 Å². The molecule has 3 rings (SSSR count). The fraction of sp³-hybridized carbons (Fsp3) is 0.133. The molecular formula is C15H14N2O2S. The maximum atomic E-state index is 6.00. The fourth-order valence-corrected chi connectivity index (χ4v) is 3.08. The minimum Gasteiger partial charge on any atom is -0.496 e. The van der Waals surface area contributed by atoms with Gasteiger partial charge < -0.3 is 15.0 Å². The van der Waals surface area contributed by atoms with E-state index in [1.54, 1.807) is 18.4 Å². The van der Waals surface area contributed by atoms with E-state index < -0.39 is 0 Å². The first-order valence-electron chi connectivity index (χ1n) is 6.15. The number of ether oxygens (including phenoxy) is 1. The van der Waals surface area contributed by atoms with Crippen molar-refractivity contribution >= 4 is 17.2 Å². The molecule has 0 saturated heterocycles. The van der Waals surface area contributed by atoms with Crippen molar-refractivity contribution in [3.05, 3.63) is 41.3 Å². The van der Waals surface area contributed by atoms with Gasteiger partial charge in [0.1, 0.15) is 5.75 Å². The first-order valence-corrected chi connectivity index (χ1v) is 7.03. The van der Waals surface area contributed by atoms with Crippen molar-refractivity contribution in [3.63, 3.8) is 0 Å². The Morgan fingerprint density at radius 1 is 1.25 bits per heavy atom. The molecule has 1 aromatic carbocycles. The number of aryl methyl sites for hydroxylation is 1. The van der Waals surface area contributed by atoms with Crippen molar-refractivity contribution < 1.29 is 9.26 Å². The average molecular weight is 286 g/mol. The third kappa shape index (κ3) is 1.96. The van der Waals surface area contributed by atoms with E-state index in [1.807, 2.05) is 42.6 Å². The third-order valence-corrected chi connectivity index (χ3v) is 4.18. The Morgan fingerprint density at radius 3 is 2.75 bits per heavy atom. The zero-order valence-corrected chi connectivity index (χ0v) is 12.0. The normalized spacial score (nSPS) is 10.7. The zero-order valence-electron chi connectivity index (χ0n) is 11.2.